The van der Waals surface area contributed by atoms with Crippen LogP contribution in [0.25, 0.3) is 10.9 Å². The van der Waals surface area contributed by atoms with Gasteiger partial charge in [0.05, 0.1) is 5.52 Å². The summed E-state index contributed by atoms with van der Waals surface area (Å²) in [4.78, 5) is 4.26. The molecule has 3 heteroatoms. The Morgan fingerprint density at radius 2 is 2.06 bits per heavy atom. The van der Waals surface area contributed by atoms with Gasteiger partial charge in [-0.25, -0.2) is 0 Å². The van der Waals surface area contributed by atoms with Crippen LogP contribution in [0, 0.1) is 0 Å². The molecule has 0 radical (unpaired) electrons. The molecule has 0 aromatic carbocycles. The predicted molar refractivity (Wildman–Crippen MR) is 69.9 cm³/mol. The number of aryl methyl sites for hydroxylation is 1. The van der Waals surface area contributed by atoms with Gasteiger partial charge in [-0.2, -0.15) is 0 Å². The van der Waals surface area contributed by atoms with Crippen molar-refractivity contribution in [3.8, 4) is 0 Å². The van der Waals surface area contributed by atoms with Gasteiger partial charge in [0.1, 0.15) is 0 Å². The van der Waals surface area contributed by atoms with E-state index < -0.39 is 0 Å². The number of rotatable bonds is 1. The highest BCUT2D eigenvalue weighted by atomic mass is 14.9. The van der Waals surface area contributed by atoms with Crippen LogP contribution in [0.15, 0.2) is 24.7 Å². The van der Waals surface area contributed by atoms with Gasteiger partial charge < -0.3 is 10.3 Å². The van der Waals surface area contributed by atoms with Crippen molar-refractivity contribution in [3.05, 3.63) is 30.2 Å². The van der Waals surface area contributed by atoms with E-state index in [4.69, 9.17) is 5.73 Å². The van der Waals surface area contributed by atoms with Crippen LogP contribution in [0.5, 0.6) is 0 Å². The second kappa shape index (κ2) is 4.15. The van der Waals surface area contributed by atoms with E-state index in [1.54, 1.807) is 0 Å². The average Bonchev–Trinajstić information content (AvgIpc) is 2.69. The van der Waals surface area contributed by atoms with Gasteiger partial charge in [-0.3, -0.25) is 4.98 Å². The highest BCUT2D eigenvalue weighted by Crippen LogP contribution is 2.36. The molecule has 17 heavy (non-hydrogen) atoms. The predicted octanol–water partition coefficient (Wildman–Crippen LogP) is 2.56. The molecule has 0 aliphatic heterocycles. The van der Waals surface area contributed by atoms with E-state index in [9.17, 15) is 0 Å². The molecule has 0 bridgehead atoms. The molecule has 1 aliphatic carbocycles. The van der Waals surface area contributed by atoms with Gasteiger partial charge in [0.15, 0.2) is 0 Å². The van der Waals surface area contributed by atoms with Gasteiger partial charge in [-0.05, 0) is 43.2 Å². The molecule has 90 valence electrons. The fourth-order valence-corrected chi connectivity index (χ4v) is 3.02. The molecule has 3 rings (SSSR count). The molecule has 3 nitrogen and oxygen atoms in total. The Balaban J connectivity index is 2.00. The van der Waals surface area contributed by atoms with Gasteiger partial charge in [0.25, 0.3) is 0 Å². The number of pyridine rings is 1. The SMILES string of the molecule is Cn1cc(C2CCC(N)CC2)c2cnccc21. The third kappa shape index (κ3) is 1.84. The van der Waals surface area contributed by atoms with Gasteiger partial charge in [0.2, 0.25) is 0 Å². The molecule has 0 amide bonds. The van der Waals surface area contributed by atoms with Crippen LogP contribution in [0.3, 0.4) is 0 Å². The molecule has 2 N–H and O–H groups in total. The number of nitrogens with zero attached hydrogens (tertiary/aromatic N) is 2. The fraction of sp³-hybridized carbons (Fsp3) is 0.500. The lowest BCUT2D eigenvalue weighted by atomic mass is 9.82. The summed E-state index contributed by atoms with van der Waals surface area (Å²) in [5, 5.41) is 1.32. The summed E-state index contributed by atoms with van der Waals surface area (Å²) in [5.41, 5.74) is 8.72. The topological polar surface area (TPSA) is 43.8 Å². The number of aromatic nitrogens is 2. The van der Waals surface area contributed by atoms with Crippen LogP contribution in [0.1, 0.15) is 37.2 Å². The van der Waals surface area contributed by atoms with Crippen LogP contribution in [-0.2, 0) is 7.05 Å². The molecule has 0 atom stereocenters. The van der Waals surface area contributed by atoms with Crippen molar-refractivity contribution in [3.63, 3.8) is 0 Å². The van der Waals surface area contributed by atoms with Gasteiger partial charge in [0, 0.05) is 37.1 Å². The van der Waals surface area contributed by atoms with E-state index in [1.807, 2.05) is 12.4 Å². The number of nitrogens with two attached hydrogens (primary N) is 1. The third-order valence-electron chi connectivity index (χ3n) is 4.03. The first-order valence-corrected chi connectivity index (χ1v) is 6.40. The van der Waals surface area contributed by atoms with Crippen molar-refractivity contribution in [2.75, 3.05) is 0 Å². The van der Waals surface area contributed by atoms with Gasteiger partial charge >= 0.3 is 0 Å². The summed E-state index contributed by atoms with van der Waals surface area (Å²) < 4.78 is 2.21. The molecular weight excluding hydrogens is 210 g/mol. The smallest absolute Gasteiger partial charge is 0.0511 e. The van der Waals surface area contributed by atoms with E-state index in [0.29, 0.717) is 12.0 Å². The minimum absolute atomic E-state index is 0.416. The van der Waals surface area contributed by atoms with Crippen molar-refractivity contribution in [2.24, 2.45) is 12.8 Å². The molecule has 1 aliphatic rings. The van der Waals surface area contributed by atoms with Crippen molar-refractivity contribution >= 4 is 10.9 Å². The number of fused-ring (bicyclic) bond motifs is 1. The maximum absolute atomic E-state index is 5.98. The fourth-order valence-electron chi connectivity index (χ4n) is 3.02. The van der Waals surface area contributed by atoms with Crippen molar-refractivity contribution in [2.45, 2.75) is 37.6 Å². The molecule has 2 aromatic heterocycles. The largest absolute Gasteiger partial charge is 0.350 e. The number of hydrogen-bond acceptors (Lipinski definition) is 2. The summed E-state index contributed by atoms with van der Waals surface area (Å²) in [6.07, 6.45) is 10.9. The standard InChI is InChI=1S/C14H19N3/c1-17-9-13(10-2-4-11(15)5-3-10)12-8-16-7-6-14(12)17/h6-11H,2-5,15H2,1H3. The summed E-state index contributed by atoms with van der Waals surface area (Å²) in [7, 11) is 2.11. The highest BCUT2D eigenvalue weighted by Gasteiger charge is 2.22. The molecule has 1 fully saturated rings. The summed E-state index contributed by atoms with van der Waals surface area (Å²) in [5.74, 6) is 0.669. The van der Waals surface area contributed by atoms with E-state index >= 15 is 0 Å². The highest BCUT2D eigenvalue weighted by molar-refractivity contribution is 5.83. The lowest BCUT2D eigenvalue weighted by Gasteiger charge is -2.25. The van der Waals surface area contributed by atoms with Crippen molar-refractivity contribution in [1.82, 2.24) is 9.55 Å². The van der Waals surface area contributed by atoms with E-state index in [-0.39, 0.29) is 0 Å². The zero-order chi connectivity index (χ0) is 11.8. The Kier molecular flexibility index (Phi) is 2.63. The number of hydrogen-bond donors (Lipinski definition) is 1. The van der Waals surface area contributed by atoms with E-state index in [0.717, 1.165) is 12.8 Å². The first-order chi connectivity index (χ1) is 8.25. The first-order valence-electron chi connectivity index (χ1n) is 6.40. The zero-order valence-electron chi connectivity index (χ0n) is 10.3. The lowest BCUT2D eigenvalue weighted by molar-refractivity contribution is 0.396. The molecule has 0 spiro atoms. The Labute approximate surface area is 102 Å². The summed E-state index contributed by atoms with van der Waals surface area (Å²) in [6.45, 7) is 0. The van der Waals surface area contributed by atoms with Crippen LogP contribution < -0.4 is 5.73 Å². The average molecular weight is 229 g/mol. The zero-order valence-corrected chi connectivity index (χ0v) is 10.3. The minimum Gasteiger partial charge on any atom is -0.350 e. The maximum Gasteiger partial charge on any atom is 0.0511 e. The molecule has 2 heterocycles. The normalized spacial score (nSPS) is 25.3. The lowest BCUT2D eigenvalue weighted by Crippen LogP contribution is -2.25. The molecule has 1 saturated carbocycles. The van der Waals surface area contributed by atoms with Crippen LogP contribution in [-0.4, -0.2) is 15.6 Å². The molecule has 0 saturated heterocycles. The van der Waals surface area contributed by atoms with Gasteiger partial charge in [-0.15, -0.1) is 0 Å². The molecule has 0 unspecified atom stereocenters. The molecular formula is C14H19N3. The Hall–Kier alpha value is -1.35. The Morgan fingerprint density at radius 1 is 1.29 bits per heavy atom. The first kappa shape index (κ1) is 10.8. The van der Waals surface area contributed by atoms with Gasteiger partial charge in [-0.1, -0.05) is 0 Å². The molecule has 2 aromatic rings. The Bertz CT molecular complexity index is 521. The Morgan fingerprint density at radius 3 is 2.82 bits per heavy atom. The van der Waals surface area contributed by atoms with Crippen LogP contribution in [0.2, 0.25) is 0 Å². The van der Waals surface area contributed by atoms with Crippen LogP contribution in [0.4, 0.5) is 0 Å². The van der Waals surface area contributed by atoms with E-state index in [1.165, 1.54) is 29.3 Å². The second-order valence-electron chi connectivity index (χ2n) is 5.20. The van der Waals surface area contributed by atoms with E-state index in [2.05, 4.69) is 28.9 Å². The van der Waals surface area contributed by atoms with Crippen molar-refractivity contribution in [1.29, 1.82) is 0 Å². The van der Waals surface area contributed by atoms with Crippen molar-refractivity contribution < 1.29 is 0 Å². The maximum atomic E-state index is 5.98. The quantitative estimate of drug-likeness (QED) is 0.816. The van der Waals surface area contributed by atoms with Crippen LogP contribution >= 0.6 is 0 Å². The summed E-state index contributed by atoms with van der Waals surface area (Å²) >= 11 is 0. The minimum atomic E-state index is 0.416. The third-order valence-corrected chi connectivity index (χ3v) is 4.03. The monoisotopic (exact) mass is 229 g/mol. The summed E-state index contributed by atoms with van der Waals surface area (Å²) in [6, 6.07) is 2.51. The second-order valence-corrected chi connectivity index (χ2v) is 5.20.